The molecule has 3 aromatic carbocycles. The van der Waals surface area contributed by atoms with E-state index in [4.69, 9.17) is 14.6 Å². The number of aromatic nitrogens is 1. The number of aromatic carboxylic acids is 1. The molecule has 1 N–H and O–H groups in total. The maximum absolute atomic E-state index is 13.8. The van der Waals surface area contributed by atoms with Crippen molar-refractivity contribution in [2.45, 2.75) is 33.4 Å². The standard InChI is InChI=1S/C32H27IN2O6S/c1-4-40-31(39)27-19(3)34-32-35(28(27)22-10-5-18(2)6-11-22)29(36)26(42-32)16-21-9-14-25(24(33)15-21)41-17-20-7-12-23(13-8-20)30(37)38/h5-16,28H,4,17H2,1-3H3,(H,37,38)/b26-16+/t28-/m1/s1. The summed E-state index contributed by atoms with van der Waals surface area (Å²) in [6.07, 6.45) is 1.82. The highest BCUT2D eigenvalue weighted by Gasteiger charge is 2.33. The van der Waals surface area contributed by atoms with E-state index >= 15 is 0 Å². The van der Waals surface area contributed by atoms with Gasteiger partial charge in [-0.25, -0.2) is 14.6 Å². The summed E-state index contributed by atoms with van der Waals surface area (Å²) in [6.45, 7) is 6.01. The Morgan fingerprint density at radius 1 is 1.07 bits per heavy atom. The first kappa shape index (κ1) is 29.5. The number of halogens is 1. The number of hydrogen-bond donors (Lipinski definition) is 1. The molecule has 0 bridgehead atoms. The Morgan fingerprint density at radius 2 is 1.79 bits per heavy atom. The van der Waals surface area contributed by atoms with Crippen molar-refractivity contribution in [1.82, 2.24) is 4.57 Å². The van der Waals surface area contributed by atoms with Gasteiger partial charge in [0.1, 0.15) is 12.4 Å². The van der Waals surface area contributed by atoms with E-state index < -0.39 is 18.0 Å². The van der Waals surface area contributed by atoms with E-state index in [0.717, 1.165) is 25.8 Å². The molecule has 8 nitrogen and oxygen atoms in total. The summed E-state index contributed by atoms with van der Waals surface area (Å²) in [5, 5.41) is 9.07. The van der Waals surface area contributed by atoms with Crippen LogP contribution in [0.4, 0.5) is 0 Å². The maximum Gasteiger partial charge on any atom is 0.338 e. The fraction of sp³-hybridized carbons (Fsp3) is 0.188. The van der Waals surface area contributed by atoms with Crippen LogP contribution in [0.15, 0.2) is 87.8 Å². The first-order valence-electron chi connectivity index (χ1n) is 13.2. The SMILES string of the molecule is CCOC(=O)C1=C(C)N=c2s/c(=C/c3ccc(OCc4ccc(C(=O)O)cc4)c(I)c3)c(=O)n2[C@@H]1c1ccc(C)cc1. The first-order chi connectivity index (χ1) is 20.2. The lowest BCUT2D eigenvalue weighted by Crippen LogP contribution is -2.39. The highest BCUT2D eigenvalue weighted by Crippen LogP contribution is 2.31. The minimum atomic E-state index is -0.972. The number of benzene rings is 3. The van der Waals surface area contributed by atoms with Crippen LogP contribution in [0.3, 0.4) is 0 Å². The summed E-state index contributed by atoms with van der Waals surface area (Å²) in [5.41, 5.74) is 4.41. The smallest absolute Gasteiger partial charge is 0.338 e. The number of carboxylic acids is 1. The molecule has 0 radical (unpaired) electrons. The van der Waals surface area contributed by atoms with E-state index in [1.54, 1.807) is 42.7 Å². The van der Waals surface area contributed by atoms with Crippen molar-refractivity contribution in [2.75, 3.05) is 6.61 Å². The molecule has 0 saturated carbocycles. The van der Waals surface area contributed by atoms with Crippen LogP contribution in [0.1, 0.15) is 52.5 Å². The third-order valence-electron chi connectivity index (χ3n) is 6.76. The van der Waals surface area contributed by atoms with Gasteiger partial charge in [-0.2, -0.15) is 0 Å². The number of nitrogens with zero attached hydrogens (tertiary/aromatic N) is 2. The van der Waals surface area contributed by atoms with Gasteiger partial charge in [-0.05, 0) is 90.4 Å². The third kappa shape index (κ3) is 6.09. The summed E-state index contributed by atoms with van der Waals surface area (Å²) in [7, 11) is 0. The molecule has 1 aliphatic heterocycles. The first-order valence-corrected chi connectivity index (χ1v) is 15.1. The predicted molar refractivity (Wildman–Crippen MR) is 168 cm³/mol. The van der Waals surface area contributed by atoms with Crippen LogP contribution < -0.4 is 19.6 Å². The molecule has 1 aliphatic rings. The zero-order valence-corrected chi connectivity index (χ0v) is 26.1. The number of allylic oxidation sites excluding steroid dienone is 1. The maximum atomic E-state index is 13.8. The summed E-state index contributed by atoms with van der Waals surface area (Å²) in [6, 6.07) is 19.3. The molecule has 0 aliphatic carbocycles. The van der Waals surface area contributed by atoms with E-state index in [9.17, 15) is 14.4 Å². The van der Waals surface area contributed by atoms with Gasteiger partial charge < -0.3 is 14.6 Å². The van der Waals surface area contributed by atoms with Gasteiger partial charge in [0.25, 0.3) is 5.56 Å². The number of carbonyl (C=O) groups excluding carboxylic acids is 1. The van der Waals surface area contributed by atoms with Crippen molar-refractivity contribution < 1.29 is 24.2 Å². The van der Waals surface area contributed by atoms with Gasteiger partial charge in [0.15, 0.2) is 4.80 Å². The minimum absolute atomic E-state index is 0.218. The lowest BCUT2D eigenvalue weighted by atomic mass is 9.95. The monoisotopic (exact) mass is 694 g/mol. The Bertz CT molecular complexity index is 1890. The van der Waals surface area contributed by atoms with Gasteiger partial charge in [-0.1, -0.05) is 59.4 Å². The van der Waals surface area contributed by atoms with Crippen LogP contribution >= 0.6 is 33.9 Å². The Kier molecular flexibility index (Phi) is 8.74. The summed E-state index contributed by atoms with van der Waals surface area (Å²) >= 11 is 3.46. The van der Waals surface area contributed by atoms with E-state index in [1.807, 2.05) is 55.5 Å². The van der Waals surface area contributed by atoms with Crippen molar-refractivity contribution in [3.8, 4) is 5.75 Å². The molecule has 0 amide bonds. The topological polar surface area (TPSA) is 107 Å². The number of carboxylic acid groups (broad SMARTS) is 1. The van der Waals surface area contributed by atoms with Crippen molar-refractivity contribution in [1.29, 1.82) is 0 Å². The van der Waals surface area contributed by atoms with Gasteiger partial charge in [0.05, 0.1) is 37.6 Å². The summed E-state index contributed by atoms with van der Waals surface area (Å²) in [4.78, 5) is 43.1. The highest BCUT2D eigenvalue weighted by atomic mass is 127. The Balaban J connectivity index is 1.47. The zero-order valence-electron chi connectivity index (χ0n) is 23.1. The van der Waals surface area contributed by atoms with Gasteiger partial charge in [0, 0.05) is 0 Å². The number of thiazole rings is 1. The van der Waals surface area contributed by atoms with Crippen LogP contribution in [0, 0.1) is 10.5 Å². The average molecular weight is 695 g/mol. The lowest BCUT2D eigenvalue weighted by molar-refractivity contribution is -0.139. The molecule has 4 aromatic rings. The van der Waals surface area contributed by atoms with Gasteiger partial charge in [0.2, 0.25) is 0 Å². The minimum Gasteiger partial charge on any atom is -0.488 e. The van der Waals surface area contributed by atoms with Crippen LogP contribution in [-0.4, -0.2) is 28.2 Å². The molecule has 5 rings (SSSR count). The molecular weight excluding hydrogens is 667 g/mol. The largest absolute Gasteiger partial charge is 0.488 e. The second-order valence-electron chi connectivity index (χ2n) is 9.69. The normalized spacial score (nSPS) is 14.8. The van der Waals surface area contributed by atoms with Gasteiger partial charge >= 0.3 is 11.9 Å². The van der Waals surface area contributed by atoms with Crippen molar-refractivity contribution in [3.63, 3.8) is 0 Å². The van der Waals surface area contributed by atoms with Crippen LogP contribution in [0.5, 0.6) is 5.75 Å². The number of hydrogen-bond acceptors (Lipinski definition) is 7. The Hall–Kier alpha value is -4.03. The second kappa shape index (κ2) is 12.5. The fourth-order valence-electron chi connectivity index (χ4n) is 4.64. The molecule has 2 heterocycles. The molecule has 1 aromatic heterocycles. The van der Waals surface area contributed by atoms with E-state index in [0.29, 0.717) is 26.4 Å². The molecule has 0 saturated heterocycles. The lowest BCUT2D eigenvalue weighted by Gasteiger charge is -2.24. The number of rotatable bonds is 8. The van der Waals surface area contributed by atoms with E-state index in [1.165, 1.54) is 11.3 Å². The molecule has 0 fully saturated rings. The zero-order chi connectivity index (χ0) is 30.0. The summed E-state index contributed by atoms with van der Waals surface area (Å²) in [5.74, 6) is -0.785. The average Bonchev–Trinajstić information content (AvgIpc) is 3.26. The molecule has 1 atom stereocenters. The molecule has 10 heteroatoms. The van der Waals surface area contributed by atoms with Crippen LogP contribution in [-0.2, 0) is 16.1 Å². The molecule has 0 unspecified atom stereocenters. The quantitative estimate of drug-likeness (QED) is 0.206. The van der Waals surface area contributed by atoms with Gasteiger partial charge in [-0.3, -0.25) is 9.36 Å². The Morgan fingerprint density at radius 3 is 2.43 bits per heavy atom. The predicted octanol–water partition coefficient (Wildman–Crippen LogP) is 4.99. The number of esters is 1. The number of carbonyl (C=O) groups is 2. The van der Waals surface area contributed by atoms with E-state index in [-0.39, 0.29) is 24.3 Å². The second-order valence-corrected chi connectivity index (χ2v) is 11.9. The molecular formula is C32H27IN2O6S. The summed E-state index contributed by atoms with van der Waals surface area (Å²) < 4.78 is 14.2. The van der Waals surface area contributed by atoms with Gasteiger partial charge in [-0.15, -0.1) is 0 Å². The van der Waals surface area contributed by atoms with Crippen molar-refractivity contribution in [2.24, 2.45) is 4.99 Å². The van der Waals surface area contributed by atoms with Crippen LogP contribution in [0.25, 0.3) is 6.08 Å². The van der Waals surface area contributed by atoms with Crippen molar-refractivity contribution >= 4 is 51.9 Å². The number of fused-ring (bicyclic) bond motifs is 1. The Labute approximate surface area is 259 Å². The molecule has 214 valence electrons. The molecule has 42 heavy (non-hydrogen) atoms. The number of ether oxygens (including phenoxy) is 2. The number of aryl methyl sites for hydroxylation is 1. The molecule has 0 spiro atoms. The highest BCUT2D eigenvalue weighted by molar-refractivity contribution is 14.1. The van der Waals surface area contributed by atoms with Crippen LogP contribution in [0.2, 0.25) is 0 Å². The van der Waals surface area contributed by atoms with Crippen molar-refractivity contribution in [3.05, 3.63) is 129 Å². The third-order valence-corrected chi connectivity index (χ3v) is 8.58. The van der Waals surface area contributed by atoms with E-state index in [2.05, 4.69) is 27.6 Å². The fourth-order valence-corrected chi connectivity index (χ4v) is 6.38.